The number of aromatic nitrogens is 1. The minimum atomic E-state index is -1.30. The van der Waals surface area contributed by atoms with Crippen molar-refractivity contribution in [2.75, 3.05) is 38.7 Å². The highest BCUT2D eigenvalue weighted by atomic mass is 35.5. The first-order chi connectivity index (χ1) is 20.1. The third kappa shape index (κ3) is 6.92. The van der Waals surface area contributed by atoms with Gasteiger partial charge in [-0.2, -0.15) is 0 Å². The Morgan fingerprint density at radius 2 is 2.10 bits per heavy atom. The number of hydrogen-bond donors (Lipinski definition) is 3. The normalized spacial score (nSPS) is 17.0. The summed E-state index contributed by atoms with van der Waals surface area (Å²) >= 11 is 6.91. The maximum atomic E-state index is 11.5. The quantitative estimate of drug-likeness (QED) is 0.115. The molecule has 1 aromatic carbocycles. The Bertz CT molecular complexity index is 1460. The van der Waals surface area contributed by atoms with Gasteiger partial charge in [-0.05, 0) is 42.2 Å². The molecule has 0 spiro atoms. The topological polar surface area (TPSA) is 117 Å². The van der Waals surface area contributed by atoms with Gasteiger partial charge in [-0.15, -0.1) is 0 Å². The first-order valence-electron chi connectivity index (χ1n) is 13.6. The lowest BCUT2D eigenvalue weighted by Gasteiger charge is -2.43. The van der Waals surface area contributed by atoms with Crippen LogP contribution in [-0.2, 0) is 38.6 Å². The first-order valence-corrected chi connectivity index (χ1v) is 14.0. The smallest absolute Gasteiger partial charge is 0.342 e. The van der Waals surface area contributed by atoms with E-state index in [1.807, 2.05) is 13.0 Å². The van der Waals surface area contributed by atoms with Gasteiger partial charge < -0.3 is 30.0 Å². The molecule has 1 saturated heterocycles. The second-order valence-corrected chi connectivity index (χ2v) is 11.3. The summed E-state index contributed by atoms with van der Waals surface area (Å²) in [4.78, 5) is 18.5. The van der Waals surface area contributed by atoms with E-state index in [1.54, 1.807) is 24.3 Å². The van der Waals surface area contributed by atoms with Crippen molar-refractivity contribution in [1.82, 2.24) is 9.88 Å². The van der Waals surface area contributed by atoms with E-state index in [0.29, 0.717) is 34.6 Å². The van der Waals surface area contributed by atoms with E-state index in [4.69, 9.17) is 31.2 Å². The number of allylic oxidation sites excluding steroid dienone is 3. The van der Waals surface area contributed by atoms with Crippen molar-refractivity contribution < 1.29 is 24.1 Å². The van der Waals surface area contributed by atoms with E-state index in [2.05, 4.69) is 41.3 Å². The second-order valence-electron chi connectivity index (χ2n) is 10.9. The molecule has 1 fully saturated rings. The number of ether oxygens (including phenoxy) is 3. The van der Waals surface area contributed by atoms with Crippen LogP contribution in [0.25, 0.3) is 5.57 Å². The Balaban J connectivity index is 1.55. The molecule has 2 aliphatic heterocycles. The highest BCUT2D eigenvalue weighted by Crippen LogP contribution is 2.34. The number of methoxy groups -OCH3 is 1. The first kappa shape index (κ1) is 31.0. The summed E-state index contributed by atoms with van der Waals surface area (Å²) in [7, 11) is 1.31. The van der Waals surface area contributed by atoms with Crippen LogP contribution in [0, 0.1) is 10.8 Å². The van der Waals surface area contributed by atoms with Crippen molar-refractivity contribution in [1.29, 1.82) is 5.41 Å². The predicted octanol–water partition coefficient (Wildman–Crippen LogP) is 5.82. The van der Waals surface area contributed by atoms with Crippen LogP contribution in [0.3, 0.4) is 0 Å². The fraction of sp³-hybridized carbons (Fsp3) is 0.344. The van der Waals surface area contributed by atoms with Crippen molar-refractivity contribution in [3.63, 3.8) is 0 Å². The highest BCUT2D eigenvalue weighted by molar-refractivity contribution is 6.32. The number of carboxylic acids is 1. The molecule has 0 saturated carbocycles. The molecule has 10 heteroatoms. The number of carbonyl (C=O) groups is 1. The fourth-order valence-corrected chi connectivity index (χ4v) is 5.50. The number of halogens is 1. The maximum Gasteiger partial charge on any atom is 0.342 e. The number of pyridine rings is 1. The summed E-state index contributed by atoms with van der Waals surface area (Å²) in [6.07, 6.45) is 3.22. The number of nitrogens with zero attached hydrogens (tertiary/aromatic N) is 2. The van der Waals surface area contributed by atoms with Crippen LogP contribution in [0.1, 0.15) is 36.2 Å². The number of anilines is 1. The molecule has 3 heterocycles. The predicted molar refractivity (Wildman–Crippen MR) is 164 cm³/mol. The molecule has 2 aliphatic rings. The van der Waals surface area contributed by atoms with E-state index in [-0.39, 0.29) is 23.5 Å². The molecule has 1 aromatic heterocycles. The number of hydrogen-bond acceptors (Lipinski definition) is 8. The third-order valence-electron chi connectivity index (χ3n) is 7.30. The van der Waals surface area contributed by atoms with Crippen LogP contribution in [0.2, 0.25) is 5.02 Å². The summed E-state index contributed by atoms with van der Waals surface area (Å²) in [5.74, 6) is -0.583. The molecule has 0 radical (unpaired) electrons. The molecule has 3 N–H and O–H groups in total. The summed E-state index contributed by atoms with van der Waals surface area (Å²) in [5.41, 5.74) is 5.00. The minimum absolute atomic E-state index is 0.112. The standard InChI is InChI=1S/C32H37ClN4O5/c1-6-23(26-8-7-9-27(35-26)36-30(40-5)25(14-34)31(38)39)29(20(2)3)42-16-22-11-10-21-15-37(13-12-24(21)28(22)33)17-32(4)18-41-19-32/h6-11,14,34H,1-2,12-13,15-19H2,3-5H3,(H,35,36)(H,38,39)/b29-23-,30-25-,34-14?. The summed E-state index contributed by atoms with van der Waals surface area (Å²) in [5, 5.41) is 20.3. The molecule has 0 atom stereocenters. The van der Waals surface area contributed by atoms with Gasteiger partial charge in [0.2, 0.25) is 5.88 Å². The second kappa shape index (κ2) is 13.4. The number of rotatable bonds is 13. The van der Waals surface area contributed by atoms with E-state index in [9.17, 15) is 9.90 Å². The summed E-state index contributed by atoms with van der Waals surface area (Å²) in [6.45, 7) is 16.9. The molecule has 9 nitrogen and oxygen atoms in total. The Labute approximate surface area is 251 Å². The lowest BCUT2D eigenvalue weighted by atomic mass is 9.87. The molecule has 42 heavy (non-hydrogen) atoms. The summed E-state index contributed by atoms with van der Waals surface area (Å²) < 4.78 is 16.9. The Morgan fingerprint density at radius 1 is 1.33 bits per heavy atom. The highest BCUT2D eigenvalue weighted by Gasteiger charge is 2.36. The zero-order valence-corrected chi connectivity index (χ0v) is 25.0. The van der Waals surface area contributed by atoms with Gasteiger partial charge in [0.15, 0.2) is 0 Å². The number of carboxylic acid groups (broad SMARTS) is 1. The average Bonchev–Trinajstić information content (AvgIpc) is 2.95. The fourth-order valence-electron chi connectivity index (χ4n) is 5.16. The van der Waals surface area contributed by atoms with Gasteiger partial charge in [-0.1, -0.05) is 56.0 Å². The Hall–Kier alpha value is -3.92. The van der Waals surface area contributed by atoms with Gasteiger partial charge in [0, 0.05) is 42.4 Å². The van der Waals surface area contributed by atoms with E-state index >= 15 is 0 Å². The van der Waals surface area contributed by atoms with Gasteiger partial charge in [0.1, 0.15) is 23.8 Å². The molecule has 2 aromatic rings. The van der Waals surface area contributed by atoms with Crippen molar-refractivity contribution >= 4 is 35.2 Å². The van der Waals surface area contributed by atoms with E-state index in [1.165, 1.54) is 18.2 Å². The molecular weight excluding hydrogens is 556 g/mol. The zero-order chi connectivity index (χ0) is 30.4. The van der Waals surface area contributed by atoms with Crippen LogP contribution in [0.15, 0.2) is 72.4 Å². The number of fused-ring (bicyclic) bond motifs is 1. The van der Waals surface area contributed by atoms with Gasteiger partial charge >= 0.3 is 5.97 Å². The number of nitrogens with one attached hydrogen (secondary N) is 2. The van der Waals surface area contributed by atoms with Crippen LogP contribution in [0.4, 0.5) is 5.82 Å². The Morgan fingerprint density at radius 3 is 2.69 bits per heavy atom. The third-order valence-corrected chi connectivity index (χ3v) is 7.77. The van der Waals surface area contributed by atoms with Crippen molar-refractivity contribution in [3.05, 3.63) is 99.8 Å². The van der Waals surface area contributed by atoms with E-state index < -0.39 is 5.97 Å². The molecule has 222 valence electrons. The van der Waals surface area contributed by atoms with E-state index in [0.717, 1.165) is 49.9 Å². The molecule has 0 unspecified atom stereocenters. The molecule has 0 amide bonds. The lowest BCUT2D eigenvalue weighted by Crippen LogP contribution is -2.49. The van der Waals surface area contributed by atoms with Crippen LogP contribution in [0.5, 0.6) is 0 Å². The van der Waals surface area contributed by atoms with Crippen molar-refractivity contribution in [3.8, 4) is 0 Å². The van der Waals surface area contributed by atoms with Crippen molar-refractivity contribution in [2.24, 2.45) is 5.41 Å². The number of benzene rings is 1. The molecule has 4 rings (SSSR count). The molecular formula is C32H37ClN4O5. The number of aliphatic carboxylic acids is 1. The molecule has 0 bridgehead atoms. The van der Waals surface area contributed by atoms with Gasteiger partial charge in [0.25, 0.3) is 0 Å². The lowest BCUT2D eigenvalue weighted by molar-refractivity contribution is -0.132. The Kier molecular flexibility index (Phi) is 9.88. The summed E-state index contributed by atoms with van der Waals surface area (Å²) in [6, 6.07) is 9.36. The van der Waals surface area contributed by atoms with Crippen LogP contribution >= 0.6 is 11.6 Å². The van der Waals surface area contributed by atoms with Gasteiger partial charge in [0.05, 0.1) is 31.0 Å². The zero-order valence-electron chi connectivity index (χ0n) is 24.3. The molecule has 0 aliphatic carbocycles. The van der Waals surface area contributed by atoms with Gasteiger partial charge in [-0.3, -0.25) is 4.90 Å². The van der Waals surface area contributed by atoms with Gasteiger partial charge in [-0.25, -0.2) is 9.78 Å². The minimum Gasteiger partial charge on any atom is -0.488 e. The average molecular weight is 593 g/mol. The SMILES string of the molecule is C=C/C(=C(/OCc1ccc2c(c1Cl)CCN(CC1(C)COC1)C2)C(=C)C)c1cccc(N/C(OC)=C(\C=N)C(=O)O)n1. The maximum absolute atomic E-state index is 11.5. The van der Waals surface area contributed by atoms with Crippen LogP contribution in [-0.4, -0.2) is 60.6 Å². The van der Waals surface area contributed by atoms with Crippen molar-refractivity contribution in [2.45, 2.75) is 33.4 Å². The van der Waals surface area contributed by atoms with Crippen LogP contribution < -0.4 is 5.32 Å². The monoisotopic (exact) mass is 592 g/mol. The largest absolute Gasteiger partial charge is 0.488 e.